The van der Waals surface area contributed by atoms with Crippen LogP contribution in [0.25, 0.3) is 0 Å². The van der Waals surface area contributed by atoms with Crippen LogP contribution in [0.2, 0.25) is 0 Å². The van der Waals surface area contributed by atoms with Crippen molar-refractivity contribution in [3.63, 3.8) is 0 Å². The third-order valence-corrected chi connectivity index (χ3v) is 8.71. The summed E-state index contributed by atoms with van der Waals surface area (Å²) in [5.74, 6) is 0.397. The lowest BCUT2D eigenvalue weighted by Crippen LogP contribution is -2.48. The van der Waals surface area contributed by atoms with Crippen molar-refractivity contribution in [1.29, 1.82) is 0 Å². The standard InChI is InChI=1S/C28H38F2N4O2S/c1-2-15-37-34-12-11-31-17-23(34)7-8-24-26(30)18-32-19-27(24)33-28(35)16-25(21-9-13-36-14-10-21)20-3-5-22(29)6-4-20/h3-6,18-19,21,23,25,31H,2,7-17H2,1H3,(H,33,35)/t23-,25?/m0/s1. The topological polar surface area (TPSA) is 66.5 Å². The summed E-state index contributed by atoms with van der Waals surface area (Å²) in [5, 5.41) is 6.40. The lowest BCUT2D eigenvalue weighted by atomic mass is 9.79. The lowest BCUT2D eigenvalue weighted by molar-refractivity contribution is -0.117. The van der Waals surface area contributed by atoms with Gasteiger partial charge in [0.1, 0.15) is 11.6 Å². The van der Waals surface area contributed by atoms with E-state index in [0.717, 1.165) is 56.6 Å². The maximum absolute atomic E-state index is 14.9. The number of ether oxygens (including phenoxy) is 1. The molecule has 37 heavy (non-hydrogen) atoms. The first-order chi connectivity index (χ1) is 18.0. The monoisotopic (exact) mass is 532 g/mol. The first-order valence-corrected chi connectivity index (χ1v) is 14.3. The van der Waals surface area contributed by atoms with Gasteiger partial charge >= 0.3 is 0 Å². The third kappa shape index (κ3) is 7.96. The van der Waals surface area contributed by atoms with Crippen molar-refractivity contribution in [2.45, 2.75) is 57.4 Å². The fraction of sp³-hybridized carbons (Fsp3) is 0.571. The number of carbonyl (C=O) groups excluding carboxylic acids is 1. The van der Waals surface area contributed by atoms with Gasteiger partial charge in [-0.15, -0.1) is 0 Å². The Morgan fingerprint density at radius 2 is 2.03 bits per heavy atom. The summed E-state index contributed by atoms with van der Waals surface area (Å²) >= 11 is 1.86. The van der Waals surface area contributed by atoms with Crippen LogP contribution in [0, 0.1) is 17.6 Å². The molecule has 1 aromatic carbocycles. The minimum absolute atomic E-state index is 0.0630. The van der Waals surface area contributed by atoms with Gasteiger partial charge in [0.25, 0.3) is 0 Å². The molecule has 0 bridgehead atoms. The molecule has 0 saturated carbocycles. The summed E-state index contributed by atoms with van der Waals surface area (Å²) in [5.41, 5.74) is 1.88. The van der Waals surface area contributed by atoms with E-state index in [1.165, 1.54) is 18.3 Å². The van der Waals surface area contributed by atoms with Crippen LogP contribution in [0.15, 0.2) is 36.7 Å². The van der Waals surface area contributed by atoms with Gasteiger partial charge in [-0.1, -0.05) is 31.0 Å². The molecule has 2 fully saturated rings. The van der Waals surface area contributed by atoms with E-state index in [2.05, 4.69) is 26.8 Å². The molecule has 0 spiro atoms. The molecular formula is C28H38F2N4O2S. The maximum Gasteiger partial charge on any atom is 0.225 e. The zero-order valence-electron chi connectivity index (χ0n) is 21.6. The van der Waals surface area contributed by atoms with Gasteiger partial charge < -0.3 is 15.4 Å². The summed E-state index contributed by atoms with van der Waals surface area (Å²) in [6.45, 7) is 6.29. The number of hydrogen-bond acceptors (Lipinski definition) is 6. The molecule has 4 rings (SSSR count). The second-order valence-corrected chi connectivity index (χ2v) is 11.0. The van der Waals surface area contributed by atoms with Gasteiger partial charge in [-0.2, -0.15) is 0 Å². The molecule has 2 saturated heterocycles. The summed E-state index contributed by atoms with van der Waals surface area (Å²) in [4.78, 5) is 17.3. The Balaban J connectivity index is 1.44. The first kappa shape index (κ1) is 28.0. The number of amides is 1. The van der Waals surface area contributed by atoms with Crippen molar-refractivity contribution in [2.75, 3.05) is 43.9 Å². The number of pyridine rings is 1. The Labute approximate surface area is 223 Å². The highest BCUT2D eigenvalue weighted by atomic mass is 32.2. The predicted octanol–water partition coefficient (Wildman–Crippen LogP) is 5.16. The van der Waals surface area contributed by atoms with Crippen LogP contribution in [0.3, 0.4) is 0 Å². The van der Waals surface area contributed by atoms with Crippen molar-refractivity contribution in [3.8, 4) is 0 Å². The molecule has 6 nitrogen and oxygen atoms in total. The Morgan fingerprint density at radius 1 is 1.24 bits per heavy atom. The quantitative estimate of drug-likeness (QED) is 0.390. The van der Waals surface area contributed by atoms with E-state index in [0.29, 0.717) is 36.9 Å². The Kier molecular flexibility index (Phi) is 10.7. The maximum atomic E-state index is 14.9. The van der Waals surface area contributed by atoms with Gasteiger partial charge in [-0.05, 0) is 61.6 Å². The molecule has 1 unspecified atom stereocenters. The fourth-order valence-corrected chi connectivity index (χ4v) is 6.32. The smallest absolute Gasteiger partial charge is 0.225 e. The number of anilines is 1. The van der Waals surface area contributed by atoms with Crippen molar-refractivity contribution < 1.29 is 18.3 Å². The average molecular weight is 533 g/mol. The predicted molar refractivity (Wildman–Crippen MR) is 145 cm³/mol. The highest BCUT2D eigenvalue weighted by molar-refractivity contribution is 7.97. The number of aromatic nitrogens is 1. The van der Waals surface area contributed by atoms with E-state index >= 15 is 0 Å². The summed E-state index contributed by atoms with van der Waals surface area (Å²) in [6, 6.07) is 6.71. The molecule has 9 heteroatoms. The second-order valence-electron chi connectivity index (χ2n) is 9.88. The number of halogens is 2. The van der Waals surface area contributed by atoms with E-state index in [1.54, 1.807) is 18.3 Å². The van der Waals surface area contributed by atoms with Gasteiger partial charge in [0.15, 0.2) is 0 Å². The molecule has 2 aliphatic rings. The summed E-state index contributed by atoms with van der Waals surface area (Å²) in [7, 11) is 0. The second kappa shape index (κ2) is 14.2. The van der Waals surface area contributed by atoms with Gasteiger partial charge in [0, 0.05) is 56.6 Å². The number of piperazine rings is 1. The fourth-order valence-electron chi connectivity index (χ4n) is 5.29. The molecule has 1 aromatic heterocycles. The van der Waals surface area contributed by atoms with Crippen LogP contribution >= 0.6 is 11.9 Å². The van der Waals surface area contributed by atoms with E-state index in [4.69, 9.17) is 4.74 Å². The zero-order chi connectivity index (χ0) is 26.0. The van der Waals surface area contributed by atoms with Crippen LogP contribution in [0.5, 0.6) is 0 Å². The lowest BCUT2D eigenvalue weighted by Gasteiger charge is -2.35. The molecule has 2 N–H and O–H groups in total. The van der Waals surface area contributed by atoms with Crippen LogP contribution in [0.1, 0.15) is 56.1 Å². The van der Waals surface area contributed by atoms with E-state index < -0.39 is 5.82 Å². The molecule has 3 heterocycles. The summed E-state index contributed by atoms with van der Waals surface area (Å²) < 4.78 is 36.4. The van der Waals surface area contributed by atoms with Crippen LogP contribution < -0.4 is 10.6 Å². The minimum Gasteiger partial charge on any atom is -0.381 e. The Morgan fingerprint density at radius 3 is 2.78 bits per heavy atom. The largest absolute Gasteiger partial charge is 0.381 e. The van der Waals surface area contributed by atoms with E-state index in [9.17, 15) is 13.6 Å². The Bertz CT molecular complexity index is 1000. The number of benzene rings is 1. The molecule has 2 aliphatic heterocycles. The first-order valence-electron chi connectivity index (χ1n) is 13.4. The SMILES string of the molecule is CCCSN1CCNC[C@@H]1CCc1c(F)cncc1NC(=O)CC(c1ccc(F)cc1)C1CCOCC1. The zero-order valence-corrected chi connectivity index (χ0v) is 22.4. The van der Waals surface area contributed by atoms with Crippen LogP contribution in [-0.2, 0) is 16.0 Å². The average Bonchev–Trinajstić information content (AvgIpc) is 2.92. The van der Waals surface area contributed by atoms with Crippen molar-refractivity contribution in [3.05, 3.63) is 59.4 Å². The number of nitrogens with zero attached hydrogens (tertiary/aromatic N) is 2. The van der Waals surface area contributed by atoms with Gasteiger partial charge in [-0.25, -0.2) is 13.1 Å². The Hall–Kier alpha value is -2.07. The highest BCUT2D eigenvalue weighted by Gasteiger charge is 2.28. The molecule has 2 atom stereocenters. The molecule has 0 aliphatic carbocycles. The van der Waals surface area contributed by atoms with Gasteiger partial charge in [-0.3, -0.25) is 9.78 Å². The molecule has 1 amide bonds. The molecule has 202 valence electrons. The molecule has 0 radical (unpaired) electrons. The van der Waals surface area contributed by atoms with Crippen molar-refractivity contribution >= 4 is 23.5 Å². The number of hydrogen-bond donors (Lipinski definition) is 2. The number of rotatable bonds is 11. The number of carbonyl (C=O) groups is 1. The van der Waals surface area contributed by atoms with Crippen LogP contribution in [-0.4, -0.2) is 59.8 Å². The highest BCUT2D eigenvalue weighted by Crippen LogP contribution is 2.35. The van der Waals surface area contributed by atoms with E-state index in [1.807, 2.05) is 11.9 Å². The summed E-state index contributed by atoms with van der Waals surface area (Å²) in [6.07, 6.45) is 7.11. The minimum atomic E-state index is -0.395. The van der Waals surface area contributed by atoms with Crippen LogP contribution in [0.4, 0.5) is 14.5 Å². The van der Waals surface area contributed by atoms with Gasteiger partial charge in [0.05, 0.1) is 18.1 Å². The van der Waals surface area contributed by atoms with Gasteiger partial charge in [0.2, 0.25) is 5.91 Å². The third-order valence-electron chi connectivity index (χ3n) is 7.30. The van der Waals surface area contributed by atoms with Crippen molar-refractivity contribution in [1.82, 2.24) is 14.6 Å². The molecule has 2 aromatic rings. The van der Waals surface area contributed by atoms with Crippen molar-refractivity contribution in [2.24, 2.45) is 5.92 Å². The van der Waals surface area contributed by atoms with E-state index in [-0.39, 0.29) is 30.0 Å². The molecular weight excluding hydrogens is 494 g/mol. The number of nitrogens with one attached hydrogen (secondary N) is 2. The normalized spacial score (nSPS) is 20.0.